The van der Waals surface area contributed by atoms with Gasteiger partial charge in [0.05, 0.1) is 31.2 Å². The van der Waals surface area contributed by atoms with Crippen molar-refractivity contribution < 1.29 is 44.7 Å². The lowest BCUT2D eigenvalue weighted by Crippen LogP contribution is -2.60. The number of ether oxygens (including phenoxy) is 1. The number of carbonyl (C=O) groups excluding carboxylic acids is 2. The number of hydrogen-bond donors (Lipinski definition) is 5. The van der Waals surface area contributed by atoms with Crippen molar-refractivity contribution in [2.24, 2.45) is 28.6 Å². The van der Waals surface area contributed by atoms with Crippen LogP contribution in [-0.2, 0) is 19.1 Å². The number of aliphatic carboxylic acids is 1. The first kappa shape index (κ1) is 27.2. The monoisotopic (exact) mass is 508 g/mol. The van der Waals surface area contributed by atoms with Gasteiger partial charge in [0.25, 0.3) is 0 Å². The third kappa shape index (κ3) is 4.75. The second kappa shape index (κ2) is 9.82. The Labute approximate surface area is 211 Å². The Kier molecular flexibility index (Phi) is 7.43. The van der Waals surface area contributed by atoms with E-state index in [1.54, 1.807) is 6.08 Å². The number of aliphatic hydroxyl groups is 4. The molecule has 9 heteroatoms. The molecule has 0 aromatic carbocycles. The van der Waals surface area contributed by atoms with Crippen LogP contribution in [0.15, 0.2) is 11.6 Å². The largest absolute Gasteiger partial charge is 0.481 e. The lowest BCUT2D eigenvalue weighted by Gasteiger charge is -2.60. The number of carbonyl (C=O) groups is 3. The minimum absolute atomic E-state index is 0.0287. The van der Waals surface area contributed by atoms with E-state index in [1.165, 1.54) is 0 Å². The number of esters is 1. The van der Waals surface area contributed by atoms with Gasteiger partial charge >= 0.3 is 11.9 Å². The average Bonchev–Trinajstić information content (AvgIpc) is 3.02. The molecule has 0 radical (unpaired) electrons. The van der Waals surface area contributed by atoms with E-state index in [-0.39, 0.29) is 42.0 Å². The Morgan fingerprint density at radius 3 is 2.50 bits per heavy atom. The van der Waals surface area contributed by atoms with Crippen LogP contribution >= 0.6 is 0 Å². The molecule has 0 amide bonds. The zero-order valence-electron chi connectivity index (χ0n) is 21.2. The van der Waals surface area contributed by atoms with Crippen molar-refractivity contribution in [2.45, 2.75) is 102 Å². The predicted octanol–water partition coefficient (Wildman–Crippen LogP) is 1.74. The summed E-state index contributed by atoms with van der Waals surface area (Å²) in [7, 11) is 0. The van der Waals surface area contributed by atoms with Crippen molar-refractivity contribution in [1.82, 2.24) is 0 Å². The number of ketones is 1. The number of fused-ring (bicyclic) bond motifs is 5. The summed E-state index contributed by atoms with van der Waals surface area (Å²) in [5.74, 6) is -1.38. The maximum atomic E-state index is 12.4. The summed E-state index contributed by atoms with van der Waals surface area (Å²) in [6.07, 6.45) is 1.93. The molecular formula is C27H40O9. The summed E-state index contributed by atoms with van der Waals surface area (Å²) in [6.45, 7) is 3.91. The van der Waals surface area contributed by atoms with Gasteiger partial charge in [-0.25, -0.2) is 0 Å². The van der Waals surface area contributed by atoms with Crippen molar-refractivity contribution in [2.75, 3.05) is 6.61 Å². The van der Waals surface area contributed by atoms with Crippen molar-refractivity contribution in [3.8, 4) is 0 Å². The zero-order valence-corrected chi connectivity index (χ0v) is 21.2. The Morgan fingerprint density at radius 1 is 1.11 bits per heavy atom. The molecule has 202 valence electrons. The summed E-state index contributed by atoms with van der Waals surface area (Å²) < 4.78 is 5.39. The standard InChI is InChI=1S/C27H40O9/c1-25-7-5-16(28)9-15(25)3-4-19-20-6-8-27(35,26(20,2)13-21(31)24(19)25)14-36-23(34)12-18(30)10-17(29)11-22(32)33/h9,17-21,24,29-31,35H,3-8,10-14H2,1-2H3,(H,32,33)/t17-,18+,19?,20?,21-,24?,25-,26-,27-/m0/s1. The van der Waals surface area contributed by atoms with Gasteiger partial charge in [0.15, 0.2) is 5.78 Å². The van der Waals surface area contributed by atoms with Crippen LogP contribution in [0.25, 0.3) is 0 Å². The van der Waals surface area contributed by atoms with E-state index in [4.69, 9.17) is 9.84 Å². The second-order valence-electron chi connectivity index (χ2n) is 12.2. The van der Waals surface area contributed by atoms with Gasteiger partial charge in [-0.3, -0.25) is 14.4 Å². The summed E-state index contributed by atoms with van der Waals surface area (Å²) in [5, 5.41) is 51.5. The van der Waals surface area contributed by atoms with Gasteiger partial charge in [-0.1, -0.05) is 19.4 Å². The number of rotatable bonds is 8. The first-order valence-corrected chi connectivity index (χ1v) is 13.2. The van der Waals surface area contributed by atoms with Crippen LogP contribution in [-0.4, -0.2) is 73.8 Å². The number of allylic oxidation sites excluding steroid dienone is 1. The van der Waals surface area contributed by atoms with Gasteiger partial charge in [0.1, 0.15) is 12.2 Å². The van der Waals surface area contributed by atoms with E-state index in [0.717, 1.165) is 31.3 Å². The predicted molar refractivity (Wildman–Crippen MR) is 128 cm³/mol. The molecule has 0 saturated heterocycles. The fraction of sp³-hybridized carbons (Fsp3) is 0.815. The molecular weight excluding hydrogens is 468 g/mol. The Balaban J connectivity index is 1.41. The van der Waals surface area contributed by atoms with Crippen LogP contribution in [0.5, 0.6) is 0 Å². The van der Waals surface area contributed by atoms with Crippen LogP contribution in [0.2, 0.25) is 0 Å². The first-order valence-electron chi connectivity index (χ1n) is 13.2. The van der Waals surface area contributed by atoms with Gasteiger partial charge in [0, 0.05) is 18.3 Å². The molecule has 36 heavy (non-hydrogen) atoms. The molecule has 4 aliphatic rings. The average molecular weight is 509 g/mol. The minimum Gasteiger partial charge on any atom is -0.481 e. The highest BCUT2D eigenvalue weighted by atomic mass is 16.5. The molecule has 4 rings (SSSR count). The second-order valence-corrected chi connectivity index (χ2v) is 12.2. The topological polar surface area (TPSA) is 162 Å². The van der Waals surface area contributed by atoms with Crippen molar-refractivity contribution in [1.29, 1.82) is 0 Å². The van der Waals surface area contributed by atoms with Gasteiger partial charge in [-0.05, 0) is 67.8 Å². The molecule has 0 bridgehead atoms. The lowest BCUT2D eigenvalue weighted by molar-refractivity contribution is -0.192. The molecule has 0 spiro atoms. The highest BCUT2D eigenvalue weighted by Gasteiger charge is 2.66. The van der Waals surface area contributed by atoms with Gasteiger partial charge in [-0.15, -0.1) is 0 Å². The molecule has 0 aliphatic heterocycles. The van der Waals surface area contributed by atoms with E-state index in [1.807, 2.05) is 6.92 Å². The van der Waals surface area contributed by atoms with E-state index < -0.39 is 54.1 Å². The van der Waals surface area contributed by atoms with E-state index in [9.17, 15) is 34.8 Å². The number of aliphatic hydroxyl groups excluding tert-OH is 3. The fourth-order valence-electron chi connectivity index (χ4n) is 8.15. The number of carboxylic acids is 1. The van der Waals surface area contributed by atoms with Crippen LogP contribution < -0.4 is 0 Å². The summed E-state index contributed by atoms with van der Waals surface area (Å²) in [6, 6.07) is 0. The van der Waals surface area contributed by atoms with Gasteiger partial charge in [0.2, 0.25) is 0 Å². The molecule has 3 fully saturated rings. The van der Waals surface area contributed by atoms with Crippen LogP contribution in [0, 0.1) is 28.6 Å². The molecule has 3 saturated carbocycles. The molecule has 0 aromatic rings. The van der Waals surface area contributed by atoms with Crippen molar-refractivity contribution in [3.05, 3.63) is 11.6 Å². The van der Waals surface area contributed by atoms with Crippen LogP contribution in [0.1, 0.15) is 78.1 Å². The van der Waals surface area contributed by atoms with E-state index in [0.29, 0.717) is 19.3 Å². The van der Waals surface area contributed by atoms with Crippen LogP contribution in [0.4, 0.5) is 0 Å². The quantitative estimate of drug-likeness (QED) is 0.307. The summed E-state index contributed by atoms with van der Waals surface area (Å²) in [5.41, 5.74) is -1.03. The Morgan fingerprint density at radius 2 is 1.81 bits per heavy atom. The number of hydrogen-bond acceptors (Lipinski definition) is 8. The summed E-state index contributed by atoms with van der Waals surface area (Å²) >= 11 is 0. The molecule has 9 nitrogen and oxygen atoms in total. The fourth-order valence-corrected chi connectivity index (χ4v) is 8.15. The molecule has 5 N–H and O–H groups in total. The molecule has 0 aromatic heterocycles. The van der Waals surface area contributed by atoms with E-state index >= 15 is 0 Å². The van der Waals surface area contributed by atoms with Gasteiger partial charge < -0.3 is 30.3 Å². The third-order valence-corrected chi connectivity index (χ3v) is 10.0. The maximum absolute atomic E-state index is 12.4. The highest BCUT2D eigenvalue weighted by Crippen LogP contribution is 2.67. The molecule has 4 aliphatic carbocycles. The SMILES string of the molecule is C[C@]12CCC(=O)C=C1CCC1C2[C@@H](O)C[C@@]2(C)C1CC[C@]2(O)COC(=O)C[C@H](O)C[C@H](O)CC(=O)O. The molecule has 9 atom stereocenters. The third-order valence-electron chi connectivity index (χ3n) is 10.0. The zero-order chi connectivity index (χ0) is 26.5. The Bertz CT molecular complexity index is 930. The van der Waals surface area contributed by atoms with Crippen molar-refractivity contribution >= 4 is 17.7 Å². The maximum Gasteiger partial charge on any atom is 0.308 e. The lowest BCUT2D eigenvalue weighted by atomic mass is 9.45. The molecule has 0 heterocycles. The smallest absolute Gasteiger partial charge is 0.308 e. The van der Waals surface area contributed by atoms with Crippen LogP contribution in [0.3, 0.4) is 0 Å². The van der Waals surface area contributed by atoms with Gasteiger partial charge in [-0.2, -0.15) is 0 Å². The Hall–Kier alpha value is -1.81. The first-order chi connectivity index (χ1) is 16.8. The molecule has 3 unspecified atom stereocenters. The van der Waals surface area contributed by atoms with Crippen molar-refractivity contribution in [3.63, 3.8) is 0 Å². The van der Waals surface area contributed by atoms with E-state index in [2.05, 4.69) is 6.92 Å². The minimum atomic E-state index is -1.31. The normalized spacial score (nSPS) is 41.4. The highest BCUT2D eigenvalue weighted by molar-refractivity contribution is 5.91. The summed E-state index contributed by atoms with van der Waals surface area (Å²) in [4.78, 5) is 35.1. The number of carboxylic acid groups (broad SMARTS) is 1.